The van der Waals surface area contributed by atoms with Crippen LogP contribution in [0.5, 0.6) is 11.5 Å². The molecule has 160 valence electrons. The summed E-state index contributed by atoms with van der Waals surface area (Å²) in [5.41, 5.74) is 3.43. The van der Waals surface area contributed by atoms with Crippen molar-refractivity contribution in [2.24, 2.45) is 5.92 Å². The van der Waals surface area contributed by atoms with Gasteiger partial charge in [-0.25, -0.2) is 4.98 Å². The number of nitrogens with one attached hydrogen (secondary N) is 1. The van der Waals surface area contributed by atoms with Gasteiger partial charge in [-0.15, -0.1) is 0 Å². The van der Waals surface area contributed by atoms with Crippen LogP contribution in [0.3, 0.4) is 0 Å². The molecule has 30 heavy (non-hydrogen) atoms. The first kappa shape index (κ1) is 21.7. The molecule has 0 radical (unpaired) electrons. The summed E-state index contributed by atoms with van der Waals surface area (Å²) in [6, 6.07) is 9.65. The fourth-order valence-corrected chi connectivity index (χ4v) is 3.65. The van der Waals surface area contributed by atoms with Crippen molar-refractivity contribution in [2.45, 2.75) is 46.5 Å². The Labute approximate surface area is 178 Å². The van der Waals surface area contributed by atoms with Crippen molar-refractivity contribution in [3.63, 3.8) is 0 Å². The molecule has 6 heteroatoms. The number of benzene rings is 1. The number of ether oxygens (including phenoxy) is 2. The number of nitrogens with zero attached hydrogens (tertiary/aromatic N) is 2. The Kier molecular flexibility index (Phi) is 6.98. The van der Waals surface area contributed by atoms with Crippen molar-refractivity contribution in [3.05, 3.63) is 42.1 Å². The Hall–Kier alpha value is -3.02. The lowest BCUT2D eigenvalue weighted by atomic mass is 9.98. The van der Waals surface area contributed by atoms with E-state index in [1.54, 1.807) is 14.2 Å². The van der Waals surface area contributed by atoms with Gasteiger partial charge in [-0.05, 0) is 49.6 Å². The third kappa shape index (κ3) is 4.42. The zero-order valence-corrected chi connectivity index (χ0v) is 18.5. The van der Waals surface area contributed by atoms with E-state index in [2.05, 4.69) is 19.2 Å². The predicted octanol–water partition coefficient (Wildman–Crippen LogP) is 5.48. The number of rotatable bonds is 9. The van der Waals surface area contributed by atoms with Crippen LogP contribution in [-0.4, -0.2) is 29.5 Å². The van der Waals surface area contributed by atoms with E-state index in [4.69, 9.17) is 14.5 Å². The molecule has 0 saturated carbocycles. The molecule has 0 spiro atoms. The van der Waals surface area contributed by atoms with E-state index < -0.39 is 0 Å². The molecule has 3 rings (SSSR count). The van der Waals surface area contributed by atoms with Gasteiger partial charge < -0.3 is 14.8 Å². The van der Waals surface area contributed by atoms with Gasteiger partial charge in [0, 0.05) is 17.7 Å². The molecule has 0 saturated heterocycles. The van der Waals surface area contributed by atoms with Crippen LogP contribution in [-0.2, 0) is 4.79 Å². The van der Waals surface area contributed by atoms with E-state index in [0.717, 1.165) is 42.5 Å². The van der Waals surface area contributed by atoms with E-state index >= 15 is 0 Å². The molecule has 0 bridgehead atoms. The number of amides is 1. The van der Waals surface area contributed by atoms with Crippen LogP contribution >= 0.6 is 0 Å². The first-order valence-electron chi connectivity index (χ1n) is 10.5. The molecular formula is C24H31N3O3. The maximum Gasteiger partial charge on any atom is 0.228 e. The first-order chi connectivity index (χ1) is 14.5. The number of hydrogen-bond acceptors (Lipinski definition) is 4. The molecule has 3 aromatic rings. The average molecular weight is 410 g/mol. The Morgan fingerprint density at radius 3 is 2.57 bits per heavy atom. The molecule has 1 amide bonds. The molecule has 2 aromatic heterocycles. The Bertz CT molecular complexity index is 1030. The number of anilines is 1. The highest BCUT2D eigenvalue weighted by molar-refractivity contribution is 5.96. The van der Waals surface area contributed by atoms with Gasteiger partial charge in [0.25, 0.3) is 0 Å². The molecule has 6 nitrogen and oxygen atoms in total. The molecule has 2 heterocycles. The van der Waals surface area contributed by atoms with Gasteiger partial charge in [0.2, 0.25) is 5.91 Å². The van der Waals surface area contributed by atoms with Gasteiger partial charge in [0.05, 0.1) is 14.2 Å². The lowest BCUT2D eigenvalue weighted by Crippen LogP contribution is -2.23. The maximum atomic E-state index is 13.1. The van der Waals surface area contributed by atoms with E-state index in [1.807, 2.05) is 47.9 Å². The highest BCUT2D eigenvalue weighted by atomic mass is 16.5. The summed E-state index contributed by atoms with van der Waals surface area (Å²) in [4.78, 5) is 17.9. The van der Waals surface area contributed by atoms with Crippen molar-refractivity contribution in [3.8, 4) is 22.8 Å². The minimum absolute atomic E-state index is 0.0152. The molecule has 1 aromatic carbocycles. The average Bonchev–Trinajstić information content (AvgIpc) is 3.11. The van der Waals surface area contributed by atoms with Crippen LogP contribution < -0.4 is 14.8 Å². The van der Waals surface area contributed by atoms with E-state index in [1.165, 1.54) is 0 Å². The van der Waals surface area contributed by atoms with Crippen molar-refractivity contribution in [1.29, 1.82) is 0 Å². The number of imidazole rings is 1. The number of aromatic nitrogens is 2. The number of pyridine rings is 1. The maximum absolute atomic E-state index is 13.1. The molecule has 0 aliphatic heterocycles. The van der Waals surface area contributed by atoms with Gasteiger partial charge in [-0.3, -0.25) is 9.20 Å². The zero-order valence-electron chi connectivity index (χ0n) is 18.5. The third-order valence-corrected chi connectivity index (χ3v) is 5.43. The van der Waals surface area contributed by atoms with Crippen LogP contribution in [0.2, 0.25) is 0 Å². The van der Waals surface area contributed by atoms with Crippen LogP contribution in [0.15, 0.2) is 36.5 Å². The number of carbonyl (C=O) groups excluding carboxylic acids is 1. The van der Waals surface area contributed by atoms with Gasteiger partial charge >= 0.3 is 0 Å². The molecule has 1 N–H and O–H groups in total. The van der Waals surface area contributed by atoms with Crippen LogP contribution in [0.1, 0.15) is 45.1 Å². The van der Waals surface area contributed by atoms with E-state index in [9.17, 15) is 4.79 Å². The van der Waals surface area contributed by atoms with E-state index in [0.29, 0.717) is 23.0 Å². The number of carbonyl (C=O) groups is 1. The smallest absolute Gasteiger partial charge is 0.228 e. The number of methoxy groups -OCH3 is 2. The lowest BCUT2D eigenvalue weighted by Gasteiger charge is -2.16. The molecule has 1 unspecified atom stereocenters. The number of fused-ring (bicyclic) bond motifs is 1. The van der Waals surface area contributed by atoms with Crippen LogP contribution in [0.4, 0.5) is 5.82 Å². The zero-order chi connectivity index (χ0) is 21.7. The van der Waals surface area contributed by atoms with Gasteiger partial charge in [-0.2, -0.15) is 0 Å². The second-order valence-corrected chi connectivity index (χ2v) is 7.55. The standard InChI is InChI=1S/C24H31N3O3/c1-6-8-9-17(7-2)24(28)26-23-22(25-21-13-10-16(3)15-27(21)23)18-11-12-19(29-4)20(14-18)30-5/h10-15,17H,6-9H2,1-5H3,(H,26,28). The summed E-state index contributed by atoms with van der Waals surface area (Å²) < 4.78 is 12.8. The molecule has 0 aliphatic rings. The van der Waals surface area contributed by atoms with Gasteiger partial charge in [0.15, 0.2) is 11.5 Å². The summed E-state index contributed by atoms with van der Waals surface area (Å²) in [6.45, 7) is 6.23. The van der Waals surface area contributed by atoms with Gasteiger partial charge in [-0.1, -0.05) is 32.8 Å². The first-order valence-corrected chi connectivity index (χ1v) is 10.5. The molecular weight excluding hydrogens is 378 g/mol. The van der Waals surface area contributed by atoms with Gasteiger partial charge in [0.1, 0.15) is 17.2 Å². The summed E-state index contributed by atoms with van der Waals surface area (Å²) in [7, 11) is 3.22. The highest BCUT2D eigenvalue weighted by Crippen LogP contribution is 2.36. The summed E-state index contributed by atoms with van der Waals surface area (Å²) in [5.74, 6) is 1.97. The second kappa shape index (κ2) is 9.65. The SMILES string of the molecule is CCCCC(CC)C(=O)Nc1c(-c2ccc(OC)c(OC)c2)nc2ccc(C)cn12. The van der Waals surface area contributed by atoms with Crippen LogP contribution in [0, 0.1) is 12.8 Å². The quantitative estimate of drug-likeness (QED) is 0.508. The number of aryl methyl sites for hydroxylation is 1. The fourth-order valence-electron chi connectivity index (χ4n) is 3.65. The predicted molar refractivity (Wildman–Crippen MR) is 120 cm³/mol. The van der Waals surface area contributed by atoms with Crippen molar-refractivity contribution in [2.75, 3.05) is 19.5 Å². The summed E-state index contributed by atoms with van der Waals surface area (Å²) in [6.07, 6.45) is 5.82. The van der Waals surface area contributed by atoms with Crippen molar-refractivity contribution in [1.82, 2.24) is 9.38 Å². The normalized spacial score (nSPS) is 12.0. The topological polar surface area (TPSA) is 64.9 Å². The minimum atomic E-state index is -0.0152. The fraction of sp³-hybridized carbons (Fsp3) is 0.417. The largest absolute Gasteiger partial charge is 0.493 e. The molecule has 1 atom stereocenters. The second-order valence-electron chi connectivity index (χ2n) is 7.55. The molecule has 0 fully saturated rings. The monoisotopic (exact) mass is 409 g/mol. The number of hydrogen-bond donors (Lipinski definition) is 1. The van der Waals surface area contributed by atoms with Crippen molar-refractivity contribution >= 4 is 17.4 Å². The summed E-state index contributed by atoms with van der Waals surface area (Å²) in [5, 5.41) is 3.17. The summed E-state index contributed by atoms with van der Waals surface area (Å²) >= 11 is 0. The minimum Gasteiger partial charge on any atom is -0.493 e. The van der Waals surface area contributed by atoms with Crippen LogP contribution in [0.25, 0.3) is 16.9 Å². The van der Waals surface area contributed by atoms with Crippen molar-refractivity contribution < 1.29 is 14.3 Å². The van der Waals surface area contributed by atoms with E-state index in [-0.39, 0.29) is 11.8 Å². The molecule has 0 aliphatic carbocycles. The number of unbranched alkanes of at least 4 members (excludes halogenated alkanes) is 1. The lowest BCUT2D eigenvalue weighted by molar-refractivity contribution is -0.120. The third-order valence-electron chi connectivity index (χ3n) is 5.43. The Balaban J connectivity index is 2.08. The highest BCUT2D eigenvalue weighted by Gasteiger charge is 2.22. The Morgan fingerprint density at radius 1 is 1.13 bits per heavy atom. The Morgan fingerprint density at radius 2 is 1.90 bits per heavy atom.